The van der Waals surface area contributed by atoms with Gasteiger partial charge in [-0.3, -0.25) is 0 Å². The van der Waals surface area contributed by atoms with E-state index in [1.54, 1.807) is 11.3 Å². The van der Waals surface area contributed by atoms with E-state index < -0.39 is 0 Å². The lowest BCUT2D eigenvalue weighted by atomic mass is 10.5. The van der Waals surface area contributed by atoms with Crippen LogP contribution in [0.5, 0.6) is 0 Å². The number of hydrogen-bond donors (Lipinski definition) is 2. The molecular weight excluding hydrogens is 158 g/mol. The van der Waals surface area contributed by atoms with Crippen molar-refractivity contribution in [1.82, 2.24) is 4.98 Å². The molecule has 0 aliphatic heterocycles. The molecule has 0 unspecified atom stereocenters. The average molecular weight is 171 g/mol. The van der Waals surface area contributed by atoms with Crippen LogP contribution < -0.4 is 11.1 Å². The normalized spacial score (nSPS) is 10.0. The average Bonchev–Trinajstić information content (AvgIpc) is 2.48. The predicted octanol–water partition coefficient (Wildman–Crippen LogP) is 1.42. The molecule has 0 spiro atoms. The fraction of sp³-hybridized carbons (Fsp3) is 0.571. The molecule has 1 rings (SSSR count). The fourth-order valence-corrected chi connectivity index (χ4v) is 1.43. The summed E-state index contributed by atoms with van der Waals surface area (Å²) >= 11 is 1.63. The van der Waals surface area contributed by atoms with Gasteiger partial charge < -0.3 is 11.1 Å². The molecule has 0 radical (unpaired) electrons. The third kappa shape index (κ3) is 2.48. The summed E-state index contributed by atoms with van der Waals surface area (Å²) in [5.74, 6) is 0. The molecule has 11 heavy (non-hydrogen) atoms. The van der Waals surface area contributed by atoms with Crippen molar-refractivity contribution in [3.8, 4) is 0 Å². The first-order valence-corrected chi connectivity index (χ1v) is 4.57. The van der Waals surface area contributed by atoms with Gasteiger partial charge in [0.15, 0.2) is 5.13 Å². The van der Waals surface area contributed by atoms with Gasteiger partial charge in [-0.1, -0.05) is 6.92 Å². The summed E-state index contributed by atoms with van der Waals surface area (Å²) in [7, 11) is 0. The molecule has 0 aromatic carbocycles. The molecule has 3 N–H and O–H groups in total. The Bertz CT molecular complexity index is 209. The maximum atomic E-state index is 5.43. The number of nitrogens with two attached hydrogens (primary N) is 1. The van der Waals surface area contributed by atoms with Crippen molar-refractivity contribution in [2.24, 2.45) is 5.73 Å². The van der Waals surface area contributed by atoms with Gasteiger partial charge in [-0.2, -0.15) is 0 Å². The van der Waals surface area contributed by atoms with E-state index in [9.17, 15) is 0 Å². The van der Waals surface area contributed by atoms with Crippen LogP contribution in [0, 0.1) is 0 Å². The van der Waals surface area contributed by atoms with E-state index in [1.165, 1.54) is 0 Å². The first kappa shape index (κ1) is 8.49. The summed E-state index contributed by atoms with van der Waals surface area (Å²) in [6.45, 7) is 3.70. The van der Waals surface area contributed by atoms with Crippen LogP contribution in [-0.2, 0) is 6.54 Å². The van der Waals surface area contributed by atoms with Crippen molar-refractivity contribution >= 4 is 16.5 Å². The van der Waals surface area contributed by atoms with E-state index >= 15 is 0 Å². The zero-order chi connectivity index (χ0) is 8.10. The zero-order valence-corrected chi connectivity index (χ0v) is 7.45. The van der Waals surface area contributed by atoms with Crippen LogP contribution in [0.1, 0.15) is 18.2 Å². The molecule has 1 heterocycles. The van der Waals surface area contributed by atoms with Gasteiger partial charge in [0.2, 0.25) is 0 Å². The summed E-state index contributed by atoms with van der Waals surface area (Å²) in [6, 6.07) is 0. The van der Waals surface area contributed by atoms with Crippen molar-refractivity contribution in [3.63, 3.8) is 0 Å². The molecule has 0 saturated carbocycles. The minimum absolute atomic E-state index is 0.589. The quantitative estimate of drug-likeness (QED) is 0.720. The Balaban J connectivity index is 2.44. The van der Waals surface area contributed by atoms with Crippen molar-refractivity contribution < 1.29 is 0 Å². The summed E-state index contributed by atoms with van der Waals surface area (Å²) in [4.78, 5) is 5.28. The molecule has 0 fully saturated rings. The molecule has 0 saturated heterocycles. The molecule has 62 valence electrons. The van der Waals surface area contributed by atoms with Gasteiger partial charge in [-0.05, 0) is 6.42 Å². The van der Waals surface area contributed by atoms with Crippen LogP contribution in [0.2, 0.25) is 0 Å². The van der Waals surface area contributed by atoms with Crippen molar-refractivity contribution in [1.29, 1.82) is 0 Å². The third-order valence-electron chi connectivity index (χ3n) is 1.28. The van der Waals surface area contributed by atoms with Gasteiger partial charge in [-0.25, -0.2) is 4.98 Å². The summed E-state index contributed by atoms with van der Waals surface area (Å²) in [6.07, 6.45) is 2.94. The van der Waals surface area contributed by atoms with Crippen molar-refractivity contribution in [3.05, 3.63) is 11.1 Å². The SMILES string of the molecule is CCCNc1ncc(CN)s1. The Morgan fingerprint density at radius 3 is 3.09 bits per heavy atom. The highest BCUT2D eigenvalue weighted by Crippen LogP contribution is 2.16. The Morgan fingerprint density at radius 1 is 1.73 bits per heavy atom. The second-order valence-corrected chi connectivity index (χ2v) is 3.38. The second kappa shape index (κ2) is 4.31. The number of anilines is 1. The van der Waals surface area contributed by atoms with Gasteiger partial charge in [0.25, 0.3) is 0 Å². The number of nitrogens with zero attached hydrogens (tertiary/aromatic N) is 1. The lowest BCUT2D eigenvalue weighted by Gasteiger charge is -1.96. The van der Waals surface area contributed by atoms with Gasteiger partial charge in [-0.15, -0.1) is 11.3 Å². The monoisotopic (exact) mass is 171 g/mol. The van der Waals surface area contributed by atoms with Crippen LogP contribution >= 0.6 is 11.3 Å². The van der Waals surface area contributed by atoms with Gasteiger partial charge in [0.1, 0.15) is 0 Å². The first-order chi connectivity index (χ1) is 5.36. The Kier molecular flexibility index (Phi) is 3.32. The Morgan fingerprint density at radius 2 is 2.55 bits per heavy atom. The smallest absolute Gasteiger partial charge is 0.182 e. The molecule has 3 nitrogen and oxygen atoms in total. The van der Waals surface area contributed by atoms with Crippen molar-refractivity contribution in [2.45, 2.75) is 19.9 Å². The summed E-state index contributed by atoms with van der Waals surface area (Å²) < 4.78 is 0. The van der Waals surface area contributed by atoms with Gasteiger partial charge >= 0.3 is 0 Å². The summed E-state index contributed by atoms with van der Waals surface area (Å²) in [5, 5.41) is 4.18. The molecule has 0 atom stereocenters. The Hall–Kier alpha value is -0.610. The molecule has 4 heteroatoms. The maximum Gasteiger partial charge on any atom is 0.182 e. The van der Waals surface area contributed by atoms with E-state index in [0.29, 0.717) is 6.54 Å². The number of thiazole rings is 1. The Labute approximate surface area is 70.6 Å². The molecule has 0 aliphatic rings. The van der Waals surface area contributed by atoms with Crippen LogP contribution in [0.3, 0.4) is 0 Å². The van der Waals surface area contributed by atoms with E-state index in [0.717, 1.165) is 23.0 Å². The number of rotatable bonds is 4. The zero-order valence-electron chi connectivity index (χ0n) is 6.63. The highest BCUT2D eigenvalue weighted by Gasteiger charge is 1.97. The van der Waals surface area contributed by atoms with Crippen LogP contribution in [0.4, 0.5) is 5.13 Å². The molecule has 0 bridgehead atoms. The van der Waals surface area contributed by atoms with Crippen LogP contribution in [-0.4, -0.2) is 11.5 Å². The molecule has 1 aromatic heterocycles. The van der Waals surface area contributed by atoms with Gasteiger partial charge in [0.05, 0.1) is 0 Å². The molecule has 1 aromatic rings. The minimum Gasteiger partial charge on any atom is -0.362 e. The highest BCUT2D eigenvalue weighted by molar-refractivity contribution is 7.15. The minimum atomic E-state index is 0.589. The standard InChI is InChI=1S/C7H13N3S/c1-2-3-9-7-10-5-6(4-8)11-7/h5H,2-4,8H2,1H3,(H,9,10). The highest BCUT2D eigenvalue weighted by atomic mass is 32.1. The molecular formula is C7H13N3S. The maximum absolute atomic E-state index is 5.43. The number of hydrogen-bond acceptors (Lipinski definition) is 4. The van der Waals surface area contributed by atoms with Gasteiger partial charge in [0, 0.05) is 24.2 Å². The molecule has 0 amide bonds. The van der Waals surface area contributed by atoms with Crippen molar-refractivity contribution in [2.75, 3.05) is 11.9 Å². The number of nitrogens with one attached hydrogen (secondary N) is 1. The third-order valence-corrected chi connectivity index (χ3v) is 2.26. The first-order valence-electron chi connectivity index (χ1n) is 3.75. The fourth-order valence-electron chi connectivity index (χ4n) is 0.716. The van der Waals surface area contributed by atoms with E-state index in [4.69, 9.17) is 5.73 Å². The molecule has 0 aliphatic carbocycles. The lowest BCUT2D eigenvalue weighted by molar-refractivity contribution is 0.976. The second-order valence-electron chi connectivity index (χ2n) is 2.26. The van der Waals surface area contributed by atoms with Crippen LogP contribution in [0.25, 0.3) is 0 Å². The predicted molar refractivity (Wildman–Crippen MR) is 48.8 cm³/mol. The van der Waals surface area contributed by atoms with E-state index in [2.05, 4.69) is 17.2 Å². The van der Waals surface area contributed by atoms with Crippen LogP contribution in [0.15, 0.2) is 6.20 Å². The summed E-state index contributed by atoms with van der Waals surface area (Å²) in [5.41, 5.74) is 5.43. The van der Waals surface area contributed by atoms with E-state index in [1.807, 2.05) is 6.20 Å². The largest absolute Gasteiger partial charge is 0.362 e. The van der Waals surface area contributed by atoms with E-state index in [-0.39, 0.29) is 0 Å². The number of aromatic nitrogens is 1. The lowest BCUT2D eigenvalue weighted by Crippen LogP contribution is -1.97. The topological polar surface area (TPSA) is 50.9 Å².